The summed E-state index contributed by atoms with van der Waals surface area (Å²) in [6.07, 6.45) is 5.82. The highest BCUT2D eigenvalue weighted by atomic mass is 16.6. The van der Waals surface area contributed by atoms with E-state index in [1.807, 2.05) is 4.90 Å². The highest BCUT2D eigenvalue weighted by Crippen LogP contribution is 2.16. The molecule has 2 fully saturated rings. The number of likely N-dealkylation sites (tertiary alicyclic amines) is 1. The van der Waals surface area contributed by atoms with Crippen LogP contribution in [0.5, 0.6) is 0 Å². The Balaban J connectivity index is 1.83. The third-order valence-corrected chi connectivity index (χ3v) is 2.75. The first kappa shape index (κ1) is 9.00. The fourth-order valence-corrected chi connectivity index (χ4v) is 1.83. The van der Waals surface area contributed by atoms with Crippen molar-refractivity contribution in [2.45, 2.75) is 38.2 Å². The van der Waals surface area contributed by atoms with E-state index in [2.05, 4.69) is 0 Å². The molecule has 0 aromatic carbocycles. The van der Waals surface area contributed by atoms with Gasteiger partial charge in [-0.25, -0.2) is 0 Å². The molecular formula is C10H17NO2. The van der Waals surface area contributed by atoms with Crippen molar-refractivity contribution in [1.82, 2.24) is 4.90 Å². The molecule has 74 valence electrons. The maximum atomic E-state index is 11.6. The van der Waals surface area contributed by atoms with Gasteiger partial charge in [-0.15, -0.1) is 0 Å². The van der Waals surface area contributed by atoms with E-state index < -0.39 is 0 Å². The Labute approximate surface area is 79.0 Å². The minimum atomic E-state index is 0.329. The smallest absolute Gasteiger partial charge is 0.222 e. The molecule has 2 rings (SSSR count). The van der Waals surface area contributed by atoms with Gasteiger partial charge in [0.1, 0.15) is 0 Å². The third-order valence-electron chi connectivity index (χ3n) is 2.75. The molecule has 0 N–H and O–H groups in total. The molecule has 0 unspecified atom stereocenters. The summed E-state index contributed by atoms with van der Waals surface area (Å²) in [5, 5.41) is 0. The maximum absolute atomic E-state index is 11.6. The molecule has 13 heavy (non-hydrogen) atoms. The second-order valence-electron chi connectivity index (χ2n) is 3.96. The van der Waals surface area contributed by atoms with E-state index >= 15 is 0 Å². The summed E-state index contributed by atoms with van der Waals surface area (Å²) in [4.78, 5) is 13.6. The van der Waals surface area contributed by atoms with E-state index in [1.54, 1.807) is 0 Å². The van der Waals surface area contributed by atoms with Crippen molar-refractivity contribution in [3.8, 4) is 0 Å². The van der Waals surface area contributed by atoms with Gasteiger partial charge in [0.25, 0.3) is 0 Å². The first-order valence-corrected chi connectivity index (χ1v) is 5.25. The molecule has 0 radical (unpaired) electrons. The average Bonchev–Trinajstić information content (AvgIpc) is 2.88. The van der Waals surface area contributed by atoms with Gasteiger partial charge in [0.2, 0.25) is 5.91 Å². The van der Waals surface area contributed by atoms with Crippen LogP contribution in [0.3, 0.4) is 0 Å². The zero-order valence-electron chi connectivity index (χ0n) is 8.00. The molecule has 2 aliphatic heterocycles. The third kappa shape index (κ3) is 2.69. The number of hydrogen-bond acceptors (Lipinski definition) is 2. The van der Waals surface area contributed by atoms with Gasteiger partial charge in [-0.05, 0) is 12.8 Å². The Hall–Kier alpha value is -0.570. The van der Waals surface area contributed by atoms with E-state index in [9.17, 15) is 4.79 Å². The standard InChI is InChI=1S/C10H17NO2/c12-10-5-3-1-2-4-6-11(10)7-9-8-13-9/h9H,1-8H2/t9-/m1/s1. The Morgan fingerprint density at radius 3 is 2.85 bits per heavy atom. The van der Waals surface area contributed by atoms with E-state index in [4.69, 9.17) is 4.74 Å². The summed E-state index contributed by atoms with van der Waals surface area (Å²) in [5.74, 6) is 0.329. The van der Waals surface area contributed by atoms with Crippen molar-refractivity contribution in [2.75, 3.05) is 19.7 Å². The predicted molar refractivity (Wildman–Crippen MR) is 49.4 cm³/mol. The van der Waals surface area contributed by atoms with Crippen LogP contribution in [0.25, 0.3) is 0 Å². The van der Waals surface area contributed by atoms with Gasteiger partial charge < -0.3 is 9.64 Å². The van der Waals surface area contributed by atoms with Crippen LogP contribution in [0.2, 0.25) is 0 Å². The number of hydrogen-bond donors (Lipinski definition) is 0. The number of epoxide rings is 1. The second kappa shape index (κ2) is 4.09. The summed E-state index contributed by atoms with van der Waals surface area (Å²) in [6.45, 7) is 2.63. The maximum Gasteiger partial charge on any atom is 0.222 e. The van der Waals surface area contributed by atoms with Crippen LogP contribution >= 0.6 is 0 Å². The van der Waals surface area contributed by atoms with Crippen molar-refractivity contribution >= 4 is 5.91 Å². The monoisotopic (exact) mass is 183 g/mol. The van der Waals surface area contributed by atoms with Gasteiger partial charge in [-0.3, -0.25) is 4.79 Å². The topological polar surface area (TPSA) is 32.8 Å². The Morgan fingerprint density at radius 2 is 2.08 bits per heavy atom. The fourth-order valence-electron chi connectivity index (χ4n) is 1.83. The number of carbonyl (C=O) groups excluding carboxylic acids is 1. The van der Waals surface area contributed by atoms with E-state index in [-0.39, 0.29) is 0 Å². The number of rotatable bonds is 2. The summed E-state index contributed by atoms with van der Waals surface area (Å²) in [6, 6.07) is 0. The van der Waals surface area contributed by atoms with Gasteiger partial charge in [-0.2, -0.15) is 0 Å². The molecule has 2 heterocycles. The molecule has 2 aliphatic rings. The molecular weight excluding hydrogens is 166 g/mol. The highest BCUT2D eigenvalue weighted by Gasteiger charge is 2.27. The fraction of sp³-hybridized carbons (Fsp3) is 0.900. The number of amides is 1. The van der Waals surface area contributed by atoms with Crippen LogP contribution in [-0.2, 0) is 9.53 Å². The van der Waals surface area contributed by atoms with Crippen LogP contribution in [0.1, 0.15) is 32.1 Å². The summed E-state index contributed by atoms with van der Waals surface area (Å²) < 4.78 is 5.14. The van der Waals surface area contributed by atoms with E-state index in [1.165, 1.54) is 19.3 Å². The summed E-state index contributed by atoms with van der Waals surface area (Å²) >= 11 is 0. The zero-order valence-corrected chi connectivity index (χ0v) is 8.00. The lowest BCUT2D eigenvalue weighted by Gasteiger charge is -2.23. The molecule has 0 aromatic rings. The summed E-state index contributed by atoms with van der Waals surface area (Å²) in [5.41, 5.74) is 0. The zero-order chi connectivity index (χ0) is 9.10. The van der Waals surface area contributed by atoms with E-state index in [0.29, 0.717) is 12.0 Å². The van der Waals surface area contributed by atoms with Crippen LogP contribution in [0.4, 0.5) is 0 Å². The molecule has 0 saturated carbocycles. The number of ether oxygens (including phenoxy) is 1. The van der Waals surface area contributed by atoms with Crippen molar-refractivity contribution in [3.63, 3.8) is 0 Å². The minimum Gasteiger partial charge on any atom is -0.371 e. The summed E-state index contributed by atoms with van der Waals surface area (Å²) in [7, 11) is 0. The Morgan fingerprint density at radius 1 is 1.31 bits per heavy atom. The predicted octanol–water partition coefficient (Wildman–Crippen LogP) is 1.18. The molecule has 1 amide bonds. The molecule has 1 atom stereocenters. The van der Waals surface area contributed by atoms with Gasteiger partial charge in [0.05, 0.1) is 12.7 Å². The van der Waals surface area contributed by atoms with Crippen LogP contribution in [-0.4, -0.2) is 36.6 Å². The van der Waals surface area contributed by atoms with Gasteiger partial charge in [-0.1, -0.05) is 12.8 Å². The molecule has 0 aromatic heterocycles. The quantitative estimate of drug-likeness (QED) is 0.602. The average molecular weight is 183 g/mol. The lowest BCUT2D eigenvalue weighted by molar-refractivity contribution is -0.132. The molecule has 2 saturated heterocycles. The molecule has 0 bridgehead atoms. The number of nitrogens with zero attached hydrogens (tertiary/aromatic N) is 1. The molecule has 0 spiro atoms. The van der Waals surface area contributed by atoms with Crippen molar-refractivity contribution in [3.05, 3.63) is 0 Å². The van der Waals surface area contributed by atoms with E-state index in [0.717, 1.165) is 32.5 Å². The lowest BCUT2D eigenvalue weighted by atomic mass is 10.1. The Bertz CT molecular complexity index is 189. The van der Waals surface area contributed by atoms with Crippen molar-refractivity contribution in [2.24, 2.45) is 0 Å². The van der Waals surface area contributed by atoms with Gasteiger partial charge in [0, 0.05) is 19.5 Å². The van der Waals surface area contributed by atoms with Crippen LogP contribution in [0.15, 0.2) is 0 Å². The molecule has 3 heteroatoms. The lowest BCUT2D eigenvalue weighted by Crippen LogP contribution is -2.35. The molecule has 0 aliphatic carbocycles. The van der Waals surface area contributed by atoms with Crippen LogP contribution in [0, 0.1) is 0 Å². The minimum absolute atomic E-state index is 0.329. The molecule has 3 nitrogen and oxygen atoms in total. The largest absolute Gasteiger partial charge is 0.371 e. The van der Waals surface area contributed by atoms with Gasteiger partial charge >= 0.3 is 0 Å². The first-order chi connectivity index (χ1) is 6.36. The number of carbonyl (C=O) groups is 1. The Kier molecular flexibility index (Phi) is 2.83. The SMILES string of the molecule is O=C1CCCCCCN1C[C@@H]1CO1. The first-order valence-electron chi connectivity index (χ1n) is 5.25. The second-order valence-corrected chi connectivity index (χ2v) is 3.96. The van der Waals surface area contributed by atoms with Crippen molar-refractivity contribution in [1.29, 1.82) is 0 Å². The van der Waals surface area contributed by atoms with Gasteiger partial charge in [0.15, 0.2) is 0 Å². The normalized spacial score (nSPS) is 29.7. The van der Waals surface area contributed by atoms with Crippen LogP contribution < -0.4 is 0 Å². The highest BCUT2D eigenvalue weighted by molar-refractivity contribution is 5.76. The van der Waals surface area contributed by atoms with Crippen molar-refractivity contribution < 1.29 is 9.53 Å².